The number of aromatic nitrogens is 3. The van der Waals surface area contributed by atoms with Crippen LogP contribution in [-0.4, -0.2) is 72.4 Å². The summed E-state index contributed by atoms with van der Waals surface area (Å²) in [5.74, 6) is -4.07. The van der Waals surface area contributed by atoms with Crippen molar-refractivity contribution in [2.45, 2.75) is 41.3 Å². The maximum atomic E-state index is 13.7. The lowest BCUT2D eigenvalue weighted by molar-refractivity contribution is -0.296. The monoisotopic (exact) mass is 513 g/mol. The molecule has 35 heavy (non-hydrogen) atoms. The number of hydrogen-bond donors (Lipinski definition) is 4. The first-order valence-electron chi connectivity index (χ1n) is 10.5. The molecular formula is C22H22F3N3O6S. The summed E-state index contributed by atoms with van der Waals surface area (Å²) >= 11 is 0.984. The fourth-order valence-corrected chi connectivity index (χ4v) is 4.88. The van der Waals surface area contributed by atoms with Gasteiger partial charge in [-0.2, -0.15) is 0 Å². The first-order chi connectivity index (χ1) is 16.7. The minimum absolute atomic E-state index is 0.173. The molecule has 3 aromatic rings. The molecule has 0 spiro atoms. The molecule has 1 saturated heterocycles. The van der Waals surface area contributed by atoms with Crippen molar-refractivity contribution in [1.82, 2.24) is 15.0 Å². The Morgan fingerprint density at radius 3 is 2.49 bits per heavy atom. The van der Waals surface area contributed by atoms with Gasteiger partial charge >= 0.3 is 0 Å². The molecule has 13 heteroatoms. The maximum absolute atomic E-state index is 13.7. The van der Waals surface area contributed by atoms with Gasteiger partial charge in [0.1, 0.15) is 35.2 Å². The van der Waals surface area contributed by atoms with Crippen LogP contribution >= 0.6 is 11.8 Å². The van der Waals surface area contributed by atoms with E-state index in [1.54, 1.807) is 31.2 Å². The number of hydrogen-bond acceptors (Lipinski definition) is 9. The van der Waals surface area contributed by atoms with Gasteiger partial charge in [-0.3, -0.25) is 0 Å². The highest BCUT2D eigenvalue weighted by Crippen LogP contribution is 2.42. The summed E-state index contributed by atoms with van der Waals surface area (Å²) in [5, 5.41) is 50.4. The molecule has 1 aliphatic heterocycles. The summed E-state index contributed by atoms with van der Waals surface area (Å²) in [6.45, 7) is 1.46. The van der Waals surface area contributed by atoms with Gasteiger partial charge in [0.2, 0.25) is 5.72 Å². The van der Waals surface area contributed by atoms with E-state index in [1.807, 2.05) is 0 Å². The Balaban J connectivity index is 1.69. The van der Waals surface area contributed by atoms with Gasteiger partial charge < -0.3 is 29.9 Å². The van der Waals surface area contributed by atoms with Crippen molar-refractivity contribution in [3.8, 4) is 17.0 Å². The van der Waals surface area contributed by atoms with Crippen LogP contribution in [0.15, 0.2) is 47.5 Å². The molecule has 1 fully saturated rings. The van der Waals surface area contributed by atoms with Crippen molar-refractivity contribution in [2.75, 3.05) is 13.2 Å². The predicted octanol–water partition coefficient (Wildman–Crippen LogP) is 1.64. The Bertz CT molecular complexity index is 1180. The second kappa shape index (κ2) is 10.1. The van der Waals surface area contributed by atoms with Crippen molar-refractivity contribution < 1.29 is 43.1 Å². The van der Waals surface area contributed by atoms with E-state index in [2.05, 4.69) is 10.3 Å². The van der Waals surface area contributed by atoms with Crippen LogP contribution < -0.4 is 4.74 Å². The molecule has 0 amide bonds. The van der Waals surface area contributed by atoms with Gasteiger partial charge in [-0.15, -0.1) is 5.10 Å². The highest BCUT2D eigenvalue weighted by Gasteiger charge is 2.57. The zero-order chi connectivity index (χ0) is 25.3. The van der Waals surface area contributed by atoms with Crippen molar-refractivity contribution in [3.05, 3.63) is 60.0 Å². The number of aliphatic hydroxyl groups excluding tert-OH is 3. The van der Waals surface area contributed by atoms with Crippen LogP contribution in [0.25, 0.3) is 11.3 Å². The lowest BCUT2D eigenvalue weighted by Crippen LogP contribution is -2.67. The normalized spacial score (nSPS) is 26.6. The smallest absolute Gasteiger partial charge is 0.218 e. The zero-order valence-corrected chi connectivity index (χ0v) is 19.1. The Labute approximate surface area is 201 Å². The molecule has 2 aromatic carbocycles. The number of benzene rings is 2. The third kappa shape index (κ3) is 4.62. The van der Waals surface area contributed by atoms with Gasteiger partial charge in [-0.05, 0) is 31.2 Å². The van der Waals surface area contributed by atoms with Crippen LogP contribution in [0.4, 0.5) is 13.2 Å². The van der Waals surface area contributed by atoms with Crippen molar-refractivity contribution >= 4 is 11.8 Å². The predicted molar refractivity (Wildman–Crippen MR) is 117 cm³/mol. The van der Waals surface area contributed by atoms with Gasteiger partial charge in [-0.25, -0.2) is 17.9 Å². The number of thioether (sulfide) groups is 1. The maximum Gasteiger partial charge on any atom is 0.218 e. The van der Waals surface area contributed by atoms with Crippen LogP contribution in [0.2, 0.25) is 0 Å². The fraction of sp³-hybridized carbons (Fsp3) is 0.364. The van der Waals surface area contributed by atoms with Gasteiger partial charge in [0.25, 0.3) is 0 Å². The fourth-order valence-electron chi connectivity index (χ4n) is 3.70. The Morgan fingerprint density at radius 1 is 1.14 bits per heavy atom. The summed E-state index contributed by atoms with van der Waals surface area (Å²) in [6, 6.07) is 8.27. The van der Waals surface area contributed by atoms with Crippen LogP contribution in [0.3, 0.4) is 0 Å². The summed E-state index contributed by atoms with van der Waals surface area (Å²) < 4.78 is 52.6. The number of para-hydroxylation sites is 1. The van der Waals surface area contributed by atoms with E-state index < -0.39 is 53.5 Å². The average Bonchev–Trinajstić information content (AvgIpc) is 3.35. The molecule has 0 aliphatic carbocycles. The van der Waals surface area contributed by atoms with Crippen LogP contribution in [-0.2, 0) is 10.5 Å². The third-order valence-corrected chi connectivity index (χ3v) is 6.69. The average molecular weight is 513 g/mol. The number of aliphatic hydroxyl groups is 4. The number of halogens is 3. The van der Waals surface area contributed by atoms with Crippen LogP contribution in [0.1, 0.15) is 6.92 Å². The summed E-state index contributed by atoms with van der Waals surface area (Å²) in [6.07, 6.45) is -4.02. The molecular weight excluding hydrogens is 491 g/mol. The van der Waals surface area contributed by atoms with E-state index in [1.165, 1.54) is 0 Å². The molecule has 4 rings (SSSR count). The Hall–Kier alpha value is -2.68. The van der Waals surface area contributed by atoms with E-state index in [-0.39, 0.29) is 11.3 Å². The Kier molecular flexibility index (Phi) is 7.35. The summed E-state index contributed by atoms with van der Waals surface area (Å²) in [5.41, 5.74) is -4.14. The first-order valence-corrected chi connectivity index (χ1v) is 11.4. The largest absolute Gasteiger partial charge is 0.493 e. The standard InChI is InChI=1S/C22H22F3N3O6S/c1-2-33-15-5-3-4-6-17(15)35-21-20(31)22(32,19(30)16(10-29)34-21)28-9-14(26-27-28)11-7-12(23)18(25)13(24)8-11/h3-9,16,19-21,29-32H,2,10H2,1H3/t16-,19+,20+,21-,22+/m1/s1. The molecule has 188 valence electrons. The molecule has 0 unspecified atom stereocenters. The minimum atomic E-state index is -2.56. The highest BCUT2D eigenvalue weighted by atomic mass is 32.2. The van der Waals surface area contributed by atoms with Crippen molar-refractivity contribution in [2.24, 2.45) is 0 Å². The second-order valence-corrected chi connectivity index (χ2v) is 8.84. The highest BCUT2D eigenvalue weighted by molar-refractivity contribution is 8.00. The molecule has 0 radical (unpaired) electrons. The van der Waals surface area contributed by atoms with Crippen molar-refractivity contribution in [3.63, 3.8) is 0 Å². The van der Waals surface area contributed by atoms with Crippen LogP contribution in [0.5, 0.6) is 5.75 Å². The number of nitrogens with zero attached hydrogens (tertiary/aromatic N) is 3. The second-order valence-electron chi connectivity index (χ2n) is 7.70. The van der Waals surface area contributed by atoms with E-state index >= 15 is 0 Å². The van der Waals surface area contributed by atoms with Gasteiger partial charge in [0, 0.05) is 5.56 Å². The molecule has 2 heterocycles. The molecule has 1 aliphatic rings. The van der Waals surface area contributed by atoms with E-state index in [4.69, 9.17) is 9.47 Å². The molecule has 4 N–H and O–H groups in total. The van der Waals surface area contributed by atoms with Gasteiger partial charge in [-0.1, -0.05) is 29.1 Å². The third-order valence-electron chi connectivity index (χ3n) is 5.50. The Morgan fingerprint density at radius 2 is 1.83 bits per heavy atom. The topological polar surface area (TPSA) is 130 Å². The lowest BCUT2D eigenvalue weighted by atomic mass is 9.93. The lowest BCUT2D eigenvalue weighted by Gasteiger charge is -2.47. The number of ether oxygens (including phenoxy) is 2. The minimum Gasteiger partial charge on any atom is -0.493 e. The molecule has 1 aromatic heterocycles. The SMILES string of the molecule is CCOc1ccccc1S[C@H]1O[C@H](CO)[C@H](O)[C@@](O)(n2cc(-c3cc(F)c(F)c(F)c3)nn2)[C@H]1O. The molecule has 0 saturated carbocycles. The zero-order valence-electron chi connectivity index (χ0n) is 18.3. The van der Waals surface area contributed by atoms with E-state index in [9.17, 15) is 33.6 Å². The van der Waals surface area contributed by atoms with Gasteiger partial charge in [0.05, 0.1) is 24.3 Å². The van der Waals surface area contributed by atoms with Crippen LogP contribution in [0, 0.1) is 17.5 Å². The van der Waals surface area contributed by atoms with E-state index in [0.717, 1.165) is 18.0 Å². The van der Waals surface area contributed by atoms with Gasteiger partial charge in [0.15, 0.2) is 17.5 Å². The molecule has 0 bridgehead atoms. The summed E-state index contributed by atoms with van der Waals surface area (Å²) in [7, 11) is 0. The first kappa shape index (κ1) is 25.4. The summed E-state index contributed by atoms with van der Waals surface area (Å²) in [4.78, 5) is 0.561. The quantitative estimate of drug-likeness (QED) is 0.349. The number of rotatable bonds is 7. The van der Waals surface area contributed by atoms with Crippen molar-refractivity contribution in [1.29, 1.82) is 0 Å². The molecule has 5 atom stereocenters. The van der Waals surface area contributed by atoms with E-state index in [0.29, 0.717) is 34.1 Å². The molecule has 9 nitrogen and oxygen atoms in total.